The van der Waals surface area contributed by atoms with Crippen molar-refractivity contribution in [3.63, 3.8) is 0 Å². The third-order valence-electron chi connectivity index (χ3n) is 2.29. The van der Waals surface area contributed by atoms with Gasteiger partial charge in [-0.25, -0.2) is 9.59 Å². The van der Waals surface area contributed by atoms with E-state index < -0.39 is 12.1 Å². The molecule has 1 aromatic carbocycles. The number of carboxylic acid groups (broad SMARTS) is 1. The zero-order chi connectivity index (χ0) is 14.3. The topological polar surface area (TPSA) is 87.1 Å². The molecule has 0 atom stereocenters. The Labute approximate surface area is 110 Å². The number of aliphatic hydroxyl groups excluding tert-OH is 1. The van der Waals surface area contributed by atoms with Crippen LogP contribution in [-0.4, -0.2) is 42.0 Å². The maximum absolute atomic E-state index is 11.8. The Kier molecular flexibility index (Phi) is 5.56. The molecule has 6 heteroatoms. The second kappa shape index (κ2) is 7.17. The molecular weight excluding hydrogens is 250 g/mol. The highest BCUT2D eigenvalue weighted by atomic mass is 16.6. The summed E-state index contributed by atoms with van der Waals surface area (Å²) in [5.41, 5.74) is 0.143. The summed E-state index contributed by atoms with van der Waals surface area (Å²) >= 11 is 0. The number of nitrogens with zero attached hydrogens (tertiary/aromatic N) is 1. The van der Waals surface area contributed by atoms with Gasteiger partial charge in [0.15, 0.2) is 0 Å². The Bertz CT molecular complexity index is 472. The van der Waals surface area contributed by atoms with Crippen molar-refractivity contribution in [3.05, 3.63) is 42.5 Å². The van der Waals surface area contributed by atoms with Gasteiger partial charge in [-0.2, -0.15) is 0 Å². The number of benzene rings is 1. The lowest BCUT2D eigenvalue weighted by Gasteiger charge is -2.22. The van der Waals surface area contributed by atoms with Crippen molar-refractivity contribution in [2.45, 2.75) is 0 Å². The fourth-order valence-electron chi connectivity index (χ4n) is 1.51. The molecule has 2 N–H and O–H groups in total. The third-order valence-corrected chi connectivity index (χ3v) is 2.29. The van der Waals surface area contributed by atoms with Crippen molar-refractivity contribution in [2.24, 2.45) is 0 Å². The van der Waals surface area contributed by atoms with Gasteiger partial charge in [0.05, 0.1) is 24.4 Å². The molecule has 0 saturated heterocycles. The number of hydrogen-bond donors (Lipinski definition) is 2. The van der Waals surface area contributed by atoms with E-state index in [0.29, 0.717) is 0 Å². The molecule has 0 heterocycles. The average molecular weight is 265 g/mol. The maximum atomic E-state index is 11.8. The molecule has 0 saturated carbocycles. The van der Waals surface area contributed by atoms with E-state index in [1.165, 1.54) is 18.2 Å². The lowest BCUT2D eigenvalue weighted by Crippen LogP contribution is -2.35. The number of aromatic carboxylic acids is 1. The molecule has 0 unspecified atom stereocenters. The number of aliphatic hydroxyl groups is 1. The molecule has 0 fully saturated rings. The van der Waals surface area contributed by atoms with Gasteiger partial charge >= 0.3 is 12.1 Å². The van der Waals surface area contributed by atoms with E-state index in [2.05, 4.69) is 6.58 Å². The van der Waals surface area contributed by atoms with Crippen LogP contribution in [0.15, 0.2) is 36.9 Å². The third kappa shape index (κ3) is 3.82. The number of hydrogen-bond acceptors (Lipinski definition) is 4. The first kappa shape index (κ1) is 14.7. The Morgan fingerprint density at radius 2 is 2.05 bits per heavy atom. The summed E-state index contributed by atoms with van der Waals surface area (Å²) in [6, 6.07) is 6.02. The van der Waals surface area contributed by atoms with Crippen LogP contribution in [0.2, 0.25) is 0 Å². The van der Waals surface area contributed by atoms with Crippen molar-refractivity contribution in [2.75, 3.05) is 24.7 Å². The van der Waals surface area contributed by atoms with Crippen LogP contribution in [0.25, 0.3) is 0 Å². The molecule has 1 aromatic rings. The van der Waals surface area contributed by atoms with E-state index in [4.69, 9.17) is 14.9 Å². The number of amides is 1. The lowest BCUT2D eigenvalue weighted by atomic mass is 10.1. The molecular formula is C13H15NO5. The van der Waals surface area contributed by atoms with Crippen molar-refractivity contribution >= 4 is 17.7 Å². The van der Waals surface area contributed by atoms with Gasteiger partial charge in [-0.3, -0.25) is 4.90 Å². The molecule has 0 radical (unpaired) electrons. The van der Waals surface area contributed by atoms with Crippen LogP contribution >= 0.6 is 0 Å². The molecule has 19 heavy (non-hydrogen) atoms. The Balaban J connectivity index is 3.08. The van der Waals surface area contributed by atoms with Gasteiger partial charge in [0.1, 0.15) is 6.61 Å². The first-order valence-electron chi connectivity index (χ1n) is 5.60. The number of carboxylic acids is 1. The van der Waals surface area contributed by atoms with Crippen LogP contribution < -0.4 is 4.90 Å². The van der Waals surface area contributed by atoms with Crippen molar-refractivity contribution in [3.8, 4) is 0 Å². The van der Waals surface area contributed by atoms with Crippen LogP contribution in [0.4, 0.5) is 10.5 Å². The van der Waals surface area contributed by atoms with E-state index in [-0.39, 0.29) is 31.0 Å². The summed E-state index contributed by atoms with van der Waals surface area (Å²) in [4.78, 5) is 24.0. The van der Waals surface area contributed by atoms with Gasteiger partial charge in [-0.1, -0.05) is 24.8 Å². The first-order valence-corrected chi connectivity index (χ1v) is 5.60. The summed E-state index contributed by atoms with van der Waals surface area (Å²) in [5, 5.41) is 18.1. The van der Waals surface area contributed by atoms with Crippen molar-refractivity contribution in [1.82, 2.24) is 0 Å². The van der Waals surface area contributed by atoms with Crippen LogP contribution in [0.1, 0.15) is 10.4 Å². The van der Waals surface area contributed by atoms with Crippen molar-refractivity contribution < 1.29 is 24.5 Å². The molecule has 1 rings (SSSR count). The predicted octanol–water partition coefficient (Wildman–Crippen LogP) is 1.51. The van der Waals surface area contributed by atoms with E-state index in [0.717, 1.165) is 4.90 Å². The highest BCUT2D eigenvalue weighted by molar-refractivity contribution is 5.99. The maximum Gasteiger partial charge on any atom is 0.414 e. The van der Waals surface area contributed by atoms with Gasteiger partial charge in [0, 0.05) is 0 Å². The predicted molar refractivity (Wildman–Crippen MR) is 69.4 cm³/mol. The first-order chi connectivity index (χ1) is 9.11. The number of carbonyl (C=O) groups is 2. The van der Waals surface area contributed by atoms with Crippen LogP contribution in [0.3, 0.4) is 0 Å². The SMILES string of the molecule is C=CCOC(=O)N(CCO)c1ccccc1C(=O)O. The van der Waals surface area contributed by atoms with E-state index in [1.807, 2.05) is 0 Å². The van der Waals surface area contributed by atoms with Crippen LogP contribution in [-0.2, 0) is 4.74 Å². The summed E-state index contributed by atoms with van der Waals surface area (Å²) in [6.07, 6.45) is 0.667. The lowest BCUT2D eigenvalue weighted by molar-refractivity contribution is 0.0697. The van der Waals surface area contributed by atoms with E-state index in [1.54, 1.807) is 12.1 Å². The second-order valence-corrected chi connectivity index (χ2v) is 3.56. The fourth-order valence-corrected chi connectivity index (χ4v) is 1.51. The summed E-state index contributed by atoms with van der Waals surface area (Å²) < 4.78 is 4.86. The van der Waals surface area contributed by atoms with E-state index in [9.17, 15) is 9.59 Å². The molecule has 6 nitrogen and oxygen atoms in total. The minimum absolute atomic E-state index is 0.00992. The number of rotatable bonds is 6. The van der Waals surface area contributed by atoms with Gasteiger partial charge in [-0.15, -0.1) is 0 Å². The number of ether oxygens (including phenoxy) is 1. The minimum atomic E-state index is -1.16. The van der Waals surface area contributed by atoms with Gasteiger partial charge < -0.3 is 14.9 Å². The molecule has 102 valence electrons. The largest absolute Gasteiger partial charge is 0.478 e. The fraction of sp³-hybridized carbons (Fsp3) is 0.231. The number of para-hydroxylation sites is 1. The quantitative estimate of drug-likeness (QED) is 0.761. The summed E-state index contributed by atoms with van der Waals surface area (Å²) in [7, 11) is 0. The van der Waals surface area contributed by atoms with Crippen molar-refractivity contribution in [1.29, 1.82) is 0 Å². The molecule has 0 aliphatic carbocycles. The van der Waals surface area contributed by atoms with E-state index >= 15 is 0 Å². The second-order valence-electron chi connectivity index (χ2n) is 3.56. The van der Waals surface area contributed by atoms with Gasteiger partial charge in [-0.05, 0) is 12.1 Å². The van der Waals surface area contributed by atoms with Gasteiger partial charge in [0.25, 0.3) is 0 Å². The Morgan fingerprint density at radius 3 is 2.63 bits per heavy atom. The molecule has 0 aromatic heterocycles. The molecule has 1 amide bonds. The van der Waals surface area contributed by atoms with Gasteiger partial charge in [0.2, 0.25) is 0 Å². The Morgan fingerprint density at radius 1 is 1.37 bits per heavy atom. The zero-order valence-corrected chi connectivity index (χ0v) is 10.3. The monoisotopic (exact) mass is 265 g/mol. The number of anilines is 1. The molecule has 0 spiro atoms. The van der Waals surface area contributed by atoms with Crippen LogP contribution in [0.5, 0.6) is 0 Å². The zero-order valence-electron chi connectivity index (χ0n) is 10.3. The minimum Gasteiger partial charge on any atom is -0.478 e. The van der Waals surface area contributed by atoms with Crippen LogP contribution in [0, 0.1) is 0 Å². The normalized spacial score (nSPS) is 9.74. The molecule has 0 aliphatic rings. The molecule has 0 aliphatic heterocycles. The summed E-state index contributed by atoms with van der Waals surface area (Å²) in [6.45, 7) is 3.06. The number of carbonyl (C=O) groups excluding carboxylic acids is 1. The summed E-state index contributed by atoms with van der Waals surface area (Å²) in [5.74, 6) is -1.16. The smallest absolute Gasteiger partial charge is 0.414 e. The highest BCUT2D eigenvalue weighted by Gasteiger charge is 2.21. The Hall–Kier alpha value is -2.34. The standard InChI is InChI=1S/C13H15NO5/c1-2-9-19-13(18)14(7-8-15)11-6-4-3-5-10(11)12(16)17/h2-6,15H,1,7-9H2,(H,16,17). The highest BCUT2D eigenvalue weighted by Crippen LogP contribution is 2.21. The average Bonchev–Trinajstić information content (AvgIpc) is 2.42. The molecule has 0 bridgehead atoms.